The van der Waals surface area contributed by atoms with E-state index in [0.717, 1.165) is 27.9 Å². The zero-order valence-corrected chi connectivity index (χ0v) is 40.4. The van der Waals surface area contributed by atoms with Crippen LogP contribution in [0.2, 0.25) is 19.1 Å². The minimum atomic E-state index is -1.66. The molecule has 0 atom stereocenters. The predicted molar refractivity (Wildman–Crippen MR) is 239 cm³/mol. The van der Waals surface area contributed by atoms with Crippen molar-refractivity contribution < 1.29 is 30.0 Å². The average Bonchev–Trinajstić information content (AvgIpc) is 3.40. The minimum Gasteiger partial charge on any atom is -0.512 e. The number of carbonyl (C=O) groups excluding carboxylic acids is 1. The van der Waals surface area contributed by atoms with E-state index < -0.39 is 8.07 Å². The first kappa shape index (κ1) is 46.7. The fourth-order valence-corrected chi connectivity index (χ4v) is 13.8. The van der Waals surface area contributed by atoms with E-state index in [4.69, 9.17) is 9.97 Å². The summed E-state index contributed by atoms with van der Waals surface area (Å²) >= 11 is 1.82. The predicted octanol–water partition coefficient (Wildman–Crippen LogP) is 13.5. The first-order chi connectivity index (χ1) is 25.1. The van der Waals surface area contributed by atoms with E-state index in [1.54, 1.807) is 6.33 Å². The molecule has 3 aromatic carbocycles. The van der Waals surface area contributed by atoms with Gasteiger partial charge in [-0.15, -0.1) is 40.1 Å². The Kier molecular flexibility index (Phi) is 16.3. The van der Waals surface area contributed by atoms with Crippen molar-refractivity contribution in [1.29, 1.82) is 0 Å². The first-order valence-corrected chi connectivity index (χ1v) is 24.2. The second-order valence-corrected chi connectivity index (χ2v) is 25.0. The number of rotatable bonds is 12. The molecule has 0 saturated heterocycles. The topological polar surface area (TPSA) is 63.1 Å². The number of hydrogen-bond acceptors (Lipinski definition) is 5. The van der Waals surface area contributed by atoms with Crippen molar-refractivity contribution in [3.8, 4) is 11.3 Å². The number of ketones is 1. The van der Waals surface area contributed by atoms with Crippen LogP contribution in [0.15, 0.2) is 66.7 Å². The maximum absolute atomic E-state index is 12.3. The molecule has 7 heteroatoms. The van der Waals surface area contributed by atoms with Crippen molar-refractivity contribution in [3.05, 3.63) is 78.3 Å². The molecule has 5 aromatic rings. The summed E-state index contributed by atoms with van der Waals surface area (Å²) in [5.74, 6) is 2.31. The molecular formula is C48H67IrN2O2SSi-. The number of nitrogens with zero attached hydrogens (tertiary/aromatic N) is 2. The third-order valence-corrected chi connectivity index (χ3v) is 15.4. The minimum absolute atomic E-state index is 0. The van der Waals surface area contributed by atoms with E-state index in [1.807, 2.05) is 11.3 Å². The molecule has 0 saturated carbocycles. The second kappa shape index (κ2) is 19.2. The summed E-state index contributed by atoms with van der Waals surface area (Å²) in [7, 11) is -1.66. The molecule has 0 aliphatic rings. The molecule has 301 valence electrons. The first-order valence-electron chi connectivity index (χ1n) is 20.2. The third kappa shape index (κ3) is 11.7. The van der Waals surface area contributed by atoms with Gasteiger partial charge in [-0.25, -0.2) is 4.98 Å². The van der Waals surface area contributed by atoms with Crippen molar-refractivity contribution in [2.75, 3.05) is 0 Å². The number of fused-ring (bicyclic) bond motifs is 4. The summed E-state index contributed by atoms with van der Waals surface area (Å²) in [6.45, 7) is 33.2. The third-order valence-electron chi connectivity index (χ3n) is 10.6. The molecule has 0 bridgehead atoms. The van der Waals surface area contributed by atoms with Crippen LogP contribution < -0.4 is 5.19 Å². The number of thiophene rings is 1. The number of carbonyl (C=O) groups is 1. The van der Waals surface area contributed by atoms with Gasteiger partial charge >= 0.3 is 0 Å². The second-order valence-electron chi connectivity index (χ2n) is 19.2. The summed E-state index contributed by atoms with van der Waals surface area (Å²) in [6.07, 6.45) is 4.27. The van der Waals surface area contributed by atoms with Crippen LogP contribution >= 0.6 is 11.3 Å². The average molecular weight is 956 g/mol. The van der Waals surface area contributed by atoms with E-state index >= 15 is 0 Å². The fourth-order valence-electron chi connectivity index (χ4n) is 8.80. The van der Waals surface area contributed by atoms with Crippen LogP contribution in [-0.4, -0.2) is 28.9 Å². The monoisotopic (exact) mass is 956 g/mol. The standard InChI is InChI=1S/C31H35N2SSi.C17H32O2.Ir/c1-20(2)18-35(6,7)27-16-23(15-22-10-8-9-11-24(22)27)28-30-29(33-19-32-28)25-13-12-21(14-26(25)34-30)17-31(3,4)5;1-10(2)16(11(3)4)14(18)9-15(19)17(12(5)6)13(7)8;/h8-14,16,19-20H,17-18H2,1-7H3;9-13,16-18H,1-8H3;/q-1;;/b;14-9-;. The van der Waals surface area contributed by atoms with Gasteiger partial charge in [0, 0.05) is 58.5 Å². The fraction of sp³-hybridized carbons (Fsp3) is 0.521. The molecule has 2 aromatic heterocycles. The Balaban J connectivity index is 0.000000349. The maximum atomic E-state index is 12.3. The van der Waals surface area contributed by atoms with Crippen LogP contribution in [0.4, 0.5) is 0 Å². The van der Waals surface area contributed by atoms with Crippen molar-refractivity contribution in [1.82, 2.24) is 9.97 Å². The van der Waals surface area contributed by atoms with Gasteiger partial charge in [-0.3, -0.25) is 9.78 Å². The normalized spacial score (nSPS) is 12.9. The zero-order valence-electron chi connectivity index (χ0n) is 36.2. The summed E-state index contributed by atoms with van der Waals surface area (Å²) in [5, 5.41) is 15.5. The van der Waals surface area contributed by atoms with Crippen molar-refractivity contribution in [2.24, 2.45) is 46.8 Å². The van der Waals surface area contributed by atoms with Crippen molar-refractivity contribution >= 4 is 61.5 Å². The maximum Gasteiger partial charge on any atom is 0.162 e. The van der Waals surface area contributed by atoms with Gasteiger partial charge in [0.05, 0.1) is 19.3 Å². The Morgan fingerprint density at radius 2 is 1.44 bits per heavy atom. The quantitative estimate of drug-likeness (QED) is 0.0586. The van der Waals surface area contributed by atoms with E-state index in [1.165, 1.54) is 43.7 Å². The smallest absolute Gasteiger partial charge is 0.162 e. The van der Waals surface area contributed by atoms with Gasteiger partial charge in [-0.05, 0) is 53.1 Å². The van der Waals surface area contributed by atoms with Crippen LogP contribution in [0, 0.1) is 52.9 Å². The number of hydrogen-bond donors (Lipinski definition) is 1. The van der Waals surface area contributed by atoms with E-state index in [0.29, 0.717) is 29.6 Å². The number of aliphatic hydroxyl groups is 1. The summed E-state index contributed by atoms with van der Waals surface area (Å²) in [5.41, 5.74) is 4.80. The molecule has 0 fully saturated rings. The molecule has 2 heterocycles. The van der Waals surface area contributed by atoms with Crippen LogP contribution in [-0.2, 0) is 31.3 Å². The molecule has 0 aliphatic carbocycles. The van der Waals surface area contributed by atoms with Gasteiger partial charge in [0.1, 0.15) is 6.33 Å². The zero-order chi connectivity index (χ0) is 40.3. The van der Waals surface area contributed by atoms with Gasteiger partial charge in [-0.1, -0.05) is 150 Å². The van der Waals surface area contributed by atoms with Crippen molar-refractivity contribution in [2.45, 2.75) is 116 Å². The van der Waals surface area contributed by atoms with Gasteiger partial charge < -0.3 is 5.11 Å². The Labute approximate surface area is 351 Å². The summed E-state index contributed by atoms with van der Waals surface area (Å²) in [4.78, 5) is 21.9. The van der Waals surface area contributed by atoms with Crippen LogP contribution in [0.5, 0.6) is 0 Å². The van der Waals surface area contributed by atoms with Gasteiger partial charge in [0.2, 0.25) is 0 Å². The summed E-state index contributed by atoms with van der Waals surface area (Å²) < 4.78 is 2.45. The number of benzene rings is 3. The Morgan fingerprint density at radius 3 is 2.00 bits per heavy atom. The van der Waals surface area contributed by atoms with Gasteiger partial charge in [0.15, 0.2) is 5.78 Å². The number of aromatic nitrogens is 2. The van der Waals surface area contributed by atoms with Gasteiger partial charge in [-0.2, -0.15) is 0 Å². The molecule has 0 aliphatic heterocycles. The number of allylic oxidation sites excluding steroid dienone is 2. The largest absolute Gasteiger partial charge is 0.512 e. The molecule has 1 N–H and O–H groups in total. The summed E-state index contributed by atoms with van der Waals surface area (Å²) in [6, 6.07) is 23.0. The van der Waals surface area contributed by atoms with E-state index in [2.05, 4.69) is 158 Å². The molecule has 4 nitrogen and oxygen atoms in total. The molecule has 0 spiro atoms. The van der Waals surface area contributed by atoms with Crippen LogP contribution in [0.3, 0.4) is 0 Å². The molecule has 55 heavy (non-hydrogen) atoms. The van der Waals surface area contributed by atoms with E-state index in [9.17, 15) is 9.90 Å². The number of aliphatic hydroxyl groups excluding tert-OH is 1. The molecule has 5 rings (SSSR count). The Hall–Kier alpha value is -2.70. The Morgan fingerprint density at radius 1 is 0.836 bits per heavy atom. The van der Waals surface area contributed by atoms with Crippen LogP contribution in [0.25, 0.3) is 42.3 Å². The van der Waals surface area contributed by atoms with Crippen molar-refractivity contribution in [3.63, 3.8) is 0 Å². The molecule has 0 unspecified atom stereocenters. The Bertz CT molecular complexity index is 2070. The van der Waals surface area contributed by atoms with E-state index in [-0.39, 0.29) is 48.9 Å². The molecular weight excluding hydrogens is 889 g/mol. The van der Waals surface area contributed by atoms with Gasteiger partial charge in [0.25, 0.3) is 0 Å². The van der Waals surface area contributed by atoms with Crippen LogP contribution in [0.1, 0.15) is 95.6 Å². The SMILES string of the molecule is CC(C)C(C(=O)/C=C(\O)C(C(C)C)C(C)C)C(C)C.CC(C)C[Si](C)(C)c1cc(-c2ncnc3c2sc2cc(CC(C)(C)C)ccc23)[c-]c2ccccc12.[Ir]. The molecule has 1 radical (unpaired) electrons. The molecule has 0 amide bonds.